The molecule has 0 aromatic heterocycles. The van der Waals surface area contributed by atoms with E-state index in [0.29, 0.717) is 19.0 Å². The first-order chi connectivity index (χ1) is 13.4. The Hall–Kier alpha value is -1.16. The molecule has 3 aliphatic rings. The third-order valence-electron chi connectivity index (χ3n) is 7.43. The van der Waals surface area contributed by atoms with E-state index in [2.05, 4.69) is 0 Å². The molecule has 3 rings (SSSR count). The normalized spacial score (nSPS) is 49.7. The molecule has 8 heteroatoms. The van der Waals surface area contributed by atoms with Gasteiger partial charge in [0.15, 0.2) is 18.2 Å². The first-order valence-electron chi connectivity index (χ1n) is 10.1. The second-order valence-electron chi connectivity index (χ2n) is 9.64. The minimum absolute atomic E-state index is 0.0760. The molecule has 0 aromatic carbocycles. The van der Waals surface area contributed by atoms with Gasteiger partial charge in [0.25, 0.3) is 0 Å². The van der Waals surface area contributed by atoms with Crippen molar-refractivity contribution in [2.45, 2.75) is 89.4 Å². The van der Waals surface area contributed by atoms with Crippen LogP contribution in [-0.4, -0.2) is 75.4 Å². The molecular formula is C21H32O8. The Labute approximate surface area is 170 Å². The fourth-order valence-electron chi connectivity index (χ4n) is 5.78. The molecule has 0 amide bonds. The van der Waals surface area contributed by atoms with Crippen LogP contribution in [0.3, 0.4) is 0 Å². The third-order valence-corrected chi connectivity index (χ3v) is 7.43. The number of hydrogen-bond donors (Lipinski definition) is 4. The molecule has 9 unspecified atom stereocenters. The lowest BCUT2D eigenvalue weighted by molar-refractivity contribution is -0.314. The summed E-state index contributed by atoms with van der Waals surface area (Å²) in [5.74, 6) is -0.363. The molecule has 164 valence electrons. The van der Waals surface area contributed by atoms with Crippen LogP contribution in [0.5, 0.6) is 0 Å². The third kappa shape index (κ3) is 3.30. The molecule has 1 saturated carbocycles. The summed E-state index contributed by atoms with van der Waals surface area (Å²) in [6, 6.07) is 0. The minimum Gasteiger partial charge on any atom is -0.388 e. The second-order valence-corrected chi connectivity index (χ2v) is 9.64. The van der Waals surface area contributed by atoms with Crippen LogP contribution >= 0.6 is 0 Å². The van der Waals surface area contributed by atoms with Gasteiger partial charge in [-0.15, -0.1) is 0 Å². The van der Waals surface area contributed by atoms with Gasteiger partial charge in [0, 0.05) is 16.9 Å². The van der Waals surface area contributed by atoms with Crippen molar-refractivity contribution in [1.82, 2.24) is 0 Å². The summed E-state index contributed by atoms with van der Waals surface area (Å²) in [6.07, 6.45) is -2.48. The van der Waals surface area contributed by atoms with Crippen LogP contribution < -0.4 is 0 Å². The zero-order valence-electron chi connectivity index (χ0n) is 17.3. The van der Waals surface area contributed by atoms with E-state index in [9.17, 15) is 30.0 Å². The number of carbonyl (C=O) groups excluding carboxylic acids is 2. The van der Waals surface area contributed by atoms with Gasteiger partial charge in [0.1, 0.15) is 24.6 Å². The van der Waals surface area contributed by atoms with E-state index in [4.69, 9.17) is 9.47 Å². The topological polar surface area (TPSA) is 134 Å². The van der Waals surface area contributed by atoms with Gasteiger partial charge in [-0.3, -0.25) is 9.59 Å². The molecule has 0 aromatic rings. The Morgan fingerprint density at radius 2 is 1.76 bits per heavy atom. The predicted octanol–water partition coefficient (Wildman–Crippen LogP) is 0.101. The van der Waals surface area contributed by atoms with Crippen LogP contribution in [0.1, 0.15) is 47.0 Å². The summed E-state index contributed by atoms with van der Waals surface area (Å²) in [5, 5.41) is 41.6. The highest BCUT2D eigenvalue weighted by Gasteiger charge is 2.64. The number of rotatable bonds is 4. The van der Waals surface area contributed by atoms with Crippen LogP contribution in [0.2, 0.25) is 0 Å². The molecule has 0 spiro atoms. The highest BCUT2D eigenvalue weighted by molar-refractivity contribution is 5.88. The van der Waals surface area contributed by atoms with Crippen LogP contribution in [-0.2, 0) is 19.1 Å². The first-order valence-corrected chi connectivity index (χ1v) is 10.1. The highest BCUT2D eigenvalue weighted by atomic mass is 16.7. The van der Waals surface area contributed by atoms with Crippen LogP contribution in [0.25, 0.3) is 0 Å². The van der Waals surface area contributed by atoms with Gasteiger partial charge in [0.2, 0.25) is 0 Å². The van der Waals surface area contributed by atoms with Gasteiger partial charge in [-0.05, 0) is 31.3 Å². The number of fused-ring (bicyclic) bond motifs is 1. The summed E-state index contributed by atoms with van der Waals surface area (Å²) < 4.78 is 11.6. The average Bonchev–Trinajstić information content (AvgIpc) is 2.66. The van der Waals surface area contributed by atoms with Crippen molar-refractivity contribution >= 4 is 12.6 Å². The minimum atomic E-state index is -1.94. The average molecular weight is 412 g/mol. The summed E-state index contributed by atoms with van der Waals surface area (Å²) in [7, 11) is 0. The summed E-state index contributed by atoms with van der Waals surface area (Å²) >= 11 is 0. The van der Waals surface area contributed by atoms with Crippen molar-refractivity contribution < 1.29 is 39.5 Å². The van der Waals surface area contributed by atoms with Crippen molar-refractivity contribution in [3.05, 3.63) is 11.6 Å². The highest BCUT2D eigenvalue weighted by Crippen LogP contribution is 2.61. The maximum atomic E-state index is 12.0. The Morgan fingerprint density at radius 1 is 1.10 bits per heavy atom. The van der Waals surface area contributed by atoms with E-state index in [1.54, 1.807) is 13.8 Å². The Bertz CT molecular complexity index is 690. The van der Waals surface area contributed by atoms with Crippen molar-refractivity contribution in [1.29, 1.82) is 0 Å². The fourth-order valence-corrected chi connectivity index (χ4v) is 5.78. The molecule has 9 atom stereocenters. The maximum absolute atomic E-state index is 12.0. The molecule has 2 aliphatic carbocycles. The van der Waals surface area contributed by atoms with E-state index in [-0.39, 0.29) is 16.9 Å². The van der Waals surface area contributed by atoms with Crippen molar-refractivity contribution in [3.8, 4) is 0 Å². The maximum Gasteiger partial charge on any atom is 0.187 e. The molecular weight excluding hydrogens is 380 g/mol. The number of aldehydes is 2. The summed E-state index contributed by atoms with van der Waals surface area (Å²) in [6.45, 7) is 7.40. The van der Waals surface area contributed by atoms with Gasteiger partial charge in [-0.2, -0.15) is 0 Å². The molecule has 0 radical (unpaired) electrons. The number of ether oxygens (including phenoxy) is 2. The van der Waals surface area contributed by atoms with Gasteiger partial charge in [-0.25, -0.2) is 0 Å². The van der Waals surface area contributed by atoms with Gasteiger partial charge in [-0.1, -0.05) is 27.2 Å². The molecule has 0 bridgehead atoms. The SMILES string of the molecule is CC1OC(OC2C=C(C=O)C(O)(C=O)C3(C)CCCC(C)(C)C23)C(O)C(O)C1O. The number of aliphatic hydroxyl groups excluding tert-OH is 3. The summed E-state index contributed by atoms with van der Waals surface area (Å²) in [5.41, 5.74) is -3.32. The molecule has 29 heavy (non-hydrogen) atoms. The van der Waals surface area contributed by atoms with E-state index >= 15 is 0 Å². The molecule has 1 saturated heterocycles. The Morgan fingerprint density at radius 3 is 2.34 bits per heavy atom. The lowest BCUT2D eigenvalue weighted by Gasteiger charge is -2.60. The van der Waals surface area contributed by atoms with Gasteiger partial charge >= 0.3 is 0 Å². The van der Waals surface area contributed by atoms with E-state index in [1.807, 2.05) is 13.8 Å². The smallest absolute Gasteiger partial charge is 0.187 e. The van der Waals surface area contributed by atoms with Crippen molar-refractivity contribution in [3.63, 3.8) is 0 Å². The monoisotopic (exact) mass is 412 g/mol. The summed E-state index contributed by atoms with van der Waals surface area (Å²) in [4.78, 5) is 23.7. The molecule has 1 heterocycles. The standard InChI is InChI=1S/C21H32O8/c1-11-14(24)15(25)16(26)18(28-11)29-13-8-12(9-22)21(27,10-23)20(4)7-5-6-19(2,3)17(13)20/h8-11,13-18,24-27H,5-7H2,1-4H3. The van der Waals surface area contributed by atoms with Crippen LogP contribution in [0.15, 0.2) is 11.6 Å². The zero-order valence-corrected chi connectivity index (χ0v) is 17.3. The number of aliphatic hydroxyl groups is 4. The van der Waals surface area contributed by atoms with Gasteiger partial charge in [0.05, 0.1) is 12.2 Å². The molecule has 1 aliphatic heterocycles. The second kappa shape index (κ2) is 7.51. The number of hydrogen-bond acceptors (Lipinski definition) is 8. The van der Waals surface area contributed by atoms with Crippen LogP contribution in [0, 0.1) is 16.7 Å². The quantitative estimate of drug-likeness (QED) is 0.478. The zero-order chi connectivity index (χ0) is 21.8. The van der Waals surface area contributed by atoms with Crippen molar-refractivity contribution in [2.75, 3.05) is 0 Å². The Kier molecular flexibility index (Phi) is 5.84. The van der Waals surface area contributed by atoms with E-state index in [0.717, 1.165) is 12.8 Å². The molecule has 8 nitrogen and oxygen atoms in total. The van der Waals surface area contributed by atoms with Crippen LogP contribution in [0.4, 0.5) is 0 Å². The largest absolute Gasteiger partial charge is 0.388 e. The number of carbonyl (C=O) groups is 2. The fraction of sp³-hybridized carbons (Fsp3) is 0.810. The molecule has 2 fully saturated rings. The lowest BCUT2D eigenvalue weighted by atomic mass is 9.46. The first kappa shape index (κ1) is 22.5. The lowest BCUT2D eigenvalue weighted by Crippen LogP contribution is -2.65. The Balaban J connectivity index is 2.04. The molecule has 4 N–H and O–H groups in total. The predicted molar refractivity (Wildman–Crippen MR) is 102 cm³/mol. The van der Waals surface area contributed by atoms with Gasteiger partial charge < -0.3 is 29.9 Å². The van der Waals surface area contributed by atoms with E-state index < -0.39 is 47.8 Å². The van der Waals surface area contributed by atoms with E-state index in [1.165, 1.54) is 6.08 Å². The van der Waals surface area contributed by atoms with Crippen molar-refractivity contribution in [2.24, 2.45) is 16.7 Å².